The highest BCUT2D eigenvalue weighted by Gasteiger charge is 2.42. The normalized spacial score (nSPS) is 15.1. The zero-order valence-corrected chi connectivity index (χ0v) is 42.0. The minimum atomic E-state index is -0.557. The molecule has 0 aliphatic carbocycles. The molecule has 364 valence electrons. The van der Waals surface area contributed by atoms with Crippen LogP contribution in [0.25, 0.3) is 0 Å². The van der Waals surface area contributed by atoms with E-state index in [4.69, 9.17) is 28.6 Å². The monoisotopic (exact) mass is 925 g/mol. The summed E-state index contributed by atoms with van der Waals surface area (Å²) in [6.45, 7) is 14.4. The smallest absolute Gasteiger partial charge is 0.333 e. The van der Waals surface area contributed by atoms with Crippen LogP contribution in [-0.2, 0) is 33.6 Å². The quantitative estimate of drug-likeness (QED) is 0.0270. The van der Waals surface area contributed by atoms with E-state index in [1.54, 1.807) is 0 Å². The molecule has 0 bridgehead atoms. The molecule has 2 rings (SSSR count). The fourth-order valence-corrected chi connectivity index (χ4v) is 8.10. The number of terminal acetylenes is 2. The second-order valence-electron chi connectivity index (χ2n) is 15.5. The highest BCUT2D eigenvalue weighted by molar-refractivity contribution is 8.00. The molecule has 0 spiro atoms. The predicted octanol–water partition coefficient (Wildman–Crippen LogP) is 10.7. The first-order chi connectivity index (χ1) is 30.4. The lowest BCUT2D eigenvalue weighted by atomic mass is 10.1. The summed E-state index contributed by atoms with van der Waals surface area (Å²) in [4.78, 5) is 74.2. The van der Waals surface area contributed by atoms with Gasteiger partial charge in [-0.1, -0.05) is 138 Å². The second-order valence-corrected chi connectivity index (χ2v) is 18.1. The number of rotatable bonds is 30. The lowest BCUT2D eigenvalue weighted by Crippen LogP contribution is -2.34. The molecule has 5 amide bonds. The van der Waals surface area contributed by atoms with Crippen LogP contribution >= 0.6 is 23.5 Å². The topological polar surface area (TPSA) is 176 Å². The van der Waals surface area contributed by atoms with Gasteiger partial charge in [0.25, 0.3) is 23.6 Å². The zero-order valence-electron chi connectivity index (χ0n) is 40.3. The third-order valence-electron chi connectivity index (χ3n) is 9.46. The number of nitrogens with zero attached hydrogens (tertiary/aromatic N) is 2. The Labute approximate surface area is 392 Å². The number of thioether (sulfide) groups is 2. The summed E-state index contributed by atoms with van der Waals surface area (Å²) in [5, 5.41) is 12.1. The van der Waals surface area contributed by atoms with Crippen LogP contribution in [0.4, 0.5) is 0 Å². The standard InChI is InChI=1S/C18H27NO4S.C13H23NO.C11H19NO3S.C5H12.C2H7N/c1-3-5-7-9-11-13-24-15-14-16(20)19(18(15)22)23-17(21)12-10-8-6-4-2;1-3-5-7-8-10-12-14-13(15)11-9-6-4-2;1-2-3-4-5-6-7-16-9-8-10(13)12(15)11(9)14;1-3-5-4-2;1-2-3/h2,15H,3,5-14H2,1H3;2H,3,5-12H2,1H3,(H,14,15);9,15H,2-8H2,1H3;3-5H2,1-2H3;2-3H2,1H3. The summed E-state index contributed by atoms with van der Waals surface area (Å²) in [6.07, 6.45) is 36.7. The molecule has 0 saturated carbocycles. The van der Waals surface area contributed by atoms with Crippen molar-refractivity contribution in [1.82, 2.24) is 15.4 Å². The van der Waals surface area contributed by atoms with Crippen LogP contribution < -0.4 is 11.1 Å². The van der Waals surface area contributed by atoms with Gasteiger partial charge in [-0.3, -0.25) is 29.2 Å². The minimum absolute atomic E-state index is 0.114. The van der Waals surface area contributed by atoms with Gasteiger partial charge >= 0.3 is 5.97 Å². The van der Waals surface area contributed by atoms with Crippen molar-refractivity contribution in [3.63, 3.8) is 0 Å². The van der Waals surface area contributed by atoms with Crippen LogP contribution in [0, 0.1) is 24.7 Å². The van der Waals surface area contributed by atoms with Gasteiger partial charge in [0.05, 0.1) is 23.3 Å². The Balaban J connectivity index is -0.000000810. The zero-order chi connectivity index (χ0) is 47.9. The molecule has 4 N–H and O–H groups in total. The molecule has 2 unspecified atom stereocenters. The fourth-order valence-electron chi connectivity index (χ4n) is 5.79. The van der Waals surface area contributed by atoms with Crippen molar-refractivity contribution in [2.45, 2.75) is 225 Å². The van der Waals surface area contributed by atoms with Crippen molar-refractivity contribution >= 4 is 59.0 Å². The number of hydroxylamine groups is 4. The molecular formula is C49H88N4O8S2. The number of unbranched alkanes of at least 4 members (excludes halogenated alkanes) is 17. The summed E-state index contributed by atoms with van der Waals surface area (Å²) in [7, 11) is 0. The SMILES string of the molecule is C#CCCCC(=O)NCCCCCCC.C#CCCCCC(=O)ON1C(=O)CC(SCCCCCCC)C1=O.CCCCC.CCCCCCCSC1CC(=O)N(O)C1=O.CCN. The molecule has 63 heavy (non-hydrogen) atoms. The molecule has 2 heterocycles. The first-order valence-electron chi connectivity index (χ1n) is 24.1. The van der Waals surface area contributed by atoms with Crippen molar-refractivity contribution < 1.29 is 38.8 Å². The van der Waals surface area contributed by atoms with Gasteiger partial charge in [0.1, 0.15) is 0 Å². The summed E-state index contributed by atoms with van der Waals surface area (Å²) in [5.74, 6) is 4.58. The highest BCUT2D eigenvalue weighted by Crippen LogP contribution is 2.27. The van der Waals surface area contributed by atoms with Crippen LogP contribution in [-0.4, -0.2) is 85.9 Å². The van der Waals surface area contributed by atoms with E-state index in [1.807, 2.05) is 6.92 Å². The Bertz CT molecular complexity index is 1270. The van der Waals surface area contributed by atoms with E-state index >= 15 is 0 Å². The Kier molecular flexibility index (Phi) is 49.4. The number of carbonyl (C=O) groups excluding carboxylic acids is 6. The fraction of sp³-hybridized carbons (Fsp3) is 0.796. The van der Waals surface area contributed by atoms with Gasteiger partial charge in [-0.2, -0.15) is 5.06 Å². The summed E-state index contributed by atoms with van der Waals surface area (Å²) >= 11 is 2.97. The number of nitrogens with one attached hydrogen (secondary N) is 1. The lowest BCUT2D eigenvalue weighted by molar-refractivity contribution is -0.197. The number of amides is 5. The minimum Gasteiger partial charge on any atom is -0.356 e. The molecule has 0 aromatic heterocycles. The third-order valence-corrected chi connectivity index (χ3v) is 12.0. The van der Waals surface area contributed by atoms with Crippen LogP contribution in [0.3, 0.4) is 0 Å². The molecule has 0 radical (unpaired) electrons. The van der Waals surface area contributed by atoms with Crippen molar-refractivity contribution in [3.05, 3.63) is 0 Å². The van der Waals surface area contributed by atoms with Gasteiger partial charge in [-0.05, 0) is 56.6 Å². The lowest BCUT2D eigenvalue weighted by Gasteiger charge is -2.13. The average molecular weight is 925 g/mol. The maximum atomic E-state index is 12.2. The van der Waals surface area contributed by atoms with E-state index in [9.17, 15) is 28.8 Å². The van der Waals surface area contributed by atoms with Gasteiger partial charge in [-0.15, -0.1) is 53.3 Å². The van der Waals surface area contributed by atoms with Gasteiger partial charge in [0.15, 0.2) is 0 Å². The van der Waals surface area contributed by atoms with Crippen molar-refractivity contribution in [2.75, 3.05) is 24.6 Å². The Hall–Kier alpha value is -3.04. The van der Waals surface area contributed by atoms with Gasteiger partial charge in [-0.25, -0.2) is 4.79 Å². The van der Waals surface area contributed by atoms with Crippen LogP contribution in [0.5, 0.6) is 0 Å². The van der Waals surface area contributed by atoms with Crippen LogP contribution in [0.1, 0.15) is 215 Å². The van der Waals surface area contributed by atoms with Crippen molar-refractivity contribution in [3.8, 4) is 24.7 Å². The van der Waals surface area contributed by atoms with Crippen LogP contribution in [0.15, 0.2) is 0 Å². The van der Waals surface area contributed by atoms with Crippen LogP contribution in [0.2, 0.25) is 0 Å². The van der Waals surface area contributed by atoms with E-state index < -0.39 is 34.8 Å². The van der Waals surface area contributed by atoms with E-state index in [0.717, 1.165) is 63.1 Å². The number of hydrogen-bond donors (Lipinski definition) is 3. The molecule has 0 aromatic rings. The number of hydrogen-bond acceptors (Lipinski definition) is 11. The first kappa shape index (κ1) is 64.2. The molecule has 2 fully saturated rings. The largest absolute Gasteiger partial charge is 0.356 e. The Morgan fingerprint density at radius 1 is 0.635 bits per heavy atom. The van der Waals surface area contributed by atoms with Gasteiger partial charge < -0.3 is 15.9 Å². The molecule has 2 aliphatic rings. The van der Waals surface area contributed by atoms with Crippen molar-refractivity contribution in [1.29, 1.82) is 0 Å². The molecule has 12 nitrogen and oxygen atoms in total. The number of nitrogens with two attached hydrogens (primary N) is 1. The maximum absolute atomic E-state index is 12.2. The molecule has 2 saturated heterocycles. The Morgan fingerprint density at radius 2 is 1.08 bits per heavy atom. The van der Waals surface area contributed by atoms with E-state index in [2.05, 4.69) is 51.8 Å². The van der Waals surface area contributed by atoms with Gasteiger partial charge in [0, 0.05) is 32.2 Å². The van der Waals surface area contributed by atoms with E-state index in [1.165, 1.54) is 113 Å². The summed E-state index contributed by atoms with van der Waals surface area (Å²) < 4.78 is 0. The number of imide groups is 2. The maximum Gasteiger partial charge on any atom is 0.333 e. The first-order valence-corrected chi connectivity index (χ1v) is 26.2. The molecule has 2 aliphatic heterocycles. The molecule has 0 aromatic carbocycles. The summed E-state index contributed by atoms with van der Waals surface area (Å²) in [5.41, 5.74) is 4.85. The van der Waals surface area contributed by atoms with E-state index in [-0.39, 0.29) is 35.5 Å². The average Bonchev–Trinajstić information content (AvgIpc) is 3.67. The third kappa shape index (κ3) is 39.1. The molecule has 2 atom stereocenters. The highest BCUT2D eigenvalue weighted by atomic mass is 32.2. The predicted molar refractivity (Wildman–Crippen MR) is 263 cm³/mol. The molecular weight excluding hydrogens is 837 g/mol. The van der Waals surface area contributed by atoms with Crippen molar-refractivity contribution in [2.24, 2.45) is 5.73 Å². The van der Waals surface area contributed by atoms with E-state index in [0.29, 0.717) is 30.7 Å². The number of carbonyl (C=O) groups is 6. The Morgan fingerprint density at radius 3 is 1.52 bits per heavy atom. The second kappa shape index (κ2) is 48.4. The summed E-state index contributed by atoms with van der Waals surface area (Å²) in [6, 6.07) is 0. The van der Waals surface area contributed by atoms with Gasteiger partial charge in [0.2, 0.25) is 5.91 Å². The molecule has 14 heteroatoms.